The molecule has 1 amide bonds. The van der Waals surface area contributed by atoms with Gasteiger partial charge in [-0.05, 0) is 31.7 Å². The van der Waals surface area contributed by atoms with Crippen molar-refractivity contribution in [2.45, 2.75) is 32.3 Å². The number of rotatable bonds is 4. The summed E-state index contributed by atoms with van der Waals surface area (Å²) in [5, 5.41) is 9.44. The average Bonchev–Trinajstić information content (AvgIpc) is 3.27. The molecule has 1 aromatic carbocycles. The molecule has 0 aromatic heterocycles. The zero-order valence-corrected chi connectivity index (χ0v) is 13.5. The quantitative estimate of drug-likeness (QED) is 0.919. The number of amides is 1. The maximum atomic E-state index is 12.6. The lowest BCUT2D eigenvalue weighted by Gasteiger charge is -2.35. The van der Waals surface area contributed by atoms with Crippen LogP contribution >= 0.6 is 0 Å². The molecule has 3 atom stereocenters. The molecular formula is C18H26N2O2. The van der Waals surface area contributed by atoms with Gasteiger partial charge < -0.3 is 10.0 Å². The van der Waals surface area contributed by atoms with Crippen LogP contribution in [0, 0.1) is 12.8 Å². The van der Waals surface area contributed by atoms with Crippen molar-refractivity contribution < 1.29 is 9.90 Å². The van der Waals surface area contributed by atoms with E-state index < -0.39 is 0 Å². The topological polar surface area (TPSA) is 43.8 Å². The molecule has 0 radical (unpaired) electrons. The highest BCUT2D eigenvalue weighted by Crippen LogP contribution is 2.48. The number of aliphatic hydroxyl groups excluding tert-OH is 1. The predicted octanol–water partition coefficient (Wildman–Crippen LogP) is 1.62. The number of benzene rings is 1. The van der Waals surface area contributed by atoms with E-state index in [4.69, 9.17) is 0 Å². The summed E-state index contributed by atoms with van der Waals surface area (Å²) in [5.74, 6) is 0.927. The first-order valence-electron chi connectivity index (χ1n) is 8.30. The predicted molar refractivity (Wildman–Crippen MR) is 86.7 cm³/mol. The Labute approximate surface area is 132 Å². The number of hydrogen-bond acceptors (Lipinski definition) is 3. The van der Waals surface area contributed by atoms with E-state index in [1.807, 2.05) is 11.8 Å². The fourth-order valence-corrected chi connectivity index (χ4v) is 3.50. The number of hydrogen-bond donors (Lipinski definition) is 1. The summed E-state index contributed by atoms with van der Waals surface area (Å²) in [7, 11) is 0. The Balaban J connectivity index is 1.52. The Kier molecular flexibility index (Phi) is 4.50. The van der Waals surface area contributed by atoms with E-state index in [-0.39, 0.29) is 12.0 Å². The smallest absolute Gasteiger partial charge is 0.226 e. The van der Waals surface area contributed by atoms with Crippen molar-refractivity contribution in [1.29, 1.82) is 0 Å². The summed E-state index contributed by atoms with van der Waals surface area (Å²) < 4.78 is 0. The monoisotopic (exact) mass is 302 g/mol. The highest BCUT2D eigenvalue weighted by Gasteiger charge is 2.46. The first kappa shape index (κ1) is 15.5. The minimum absolute atomic E-state index is 0.185. The van der Waals surface area contributed by atoms with Crippen molar-refractivity contribution >= 4 is 5.91 Å². The van der Waals surface area contributed by atoms with Crippen LogP contribution in [0.15, 0.2) is 24.3 Å². The lowest BCUT2D eigenvalue weighted by molar-refractivity contribution is -0.134. The van der Waals surface area contributed by atoms with Crippen LogP contribution < -0.4 is 0 Å². The number of aliphatic hydroxyl groups is 1. The third kappa shape index (κ3) is 3.50. The molecule has 0 spiro atoms. The van der Waals surface area contributed by atoms with Gasteiger partial charge in [-0.15, -0.1) is 0 Å². The number of piperazine rings is 1. The van der Waals surface area contributed by atoms with Gasteiger partial charge in [0.15, 0.2) is 0 Å². The summed E-state index contributed by atoms with van der Waals surface area (Å²) in [6.45, 7) is 7.96. The molecule has 0 bridgehead atoms. The number of carbonyl (C=O) groups excluding carboxylic acids is 1. The maximum absolute atomic E-state index is 12.6. The summed E-state index contributed by atoms with van der Waals surface area (Å²) in [4.78, 5) is 16.9. The number of aryl methyl sites for hydroxylation is 1. The second-order valence-electron chi connectivity index (χ2n) is 6.84. The highest BCUT2D eigenvalue weighted by atomic mass is 16.3. The van der Waals surface area contributed by atoms with Crippen molar-refractivity contribution in [1.82, 2.24) is 9.80 Å². The minimum Gasteiger partial charge on any atom is -0.392 e. The van der Waals surface area contributed by atoms with Gasteiger partial charge in [0.05, 0.1) is 6.10 Å². The SMILES string of the molecule is Cc1cccc(C2CC2C(=O)N2CCN(CC(C)O)CC2)c1. The van der Waals surface area contributed by atoms with Gasteiger partial charge in [0.25, 0.3) is 0 Å². The normalized spacial score (nSPS) is 26.8. The van der Waals surface area contributed by atoms with Gasteiger partial charge in [0.2, 0.25) is 5.91 Å². The molecule has 3 unspecified atom stereocenters. The lowest BCUT2D eigenvalue weighted by Crippen LogP contribution is -2.50. The Morgan fingerprint density at radius 1 is 1.32 bits per heavy atom. The highest BCUT2D eigenvalue weighted by molar-refractivity contribution is 5.83. The molecule has 1 heterocycles. The van der Waals surface area contributed by atoms with Crippen LogP contribution in [0.4, 0.5) is 0 Å². The van der Waals surface area contributed by atoms with Crippen LogP contribution in [-0.2, 0) is 4.79 Å². The molecule has 22 heavy (non-hydrogen) atoms. The van der Waals surface area contributed by atoms with Gasteiger partial charge in [0.1, 0.15) is 0 Å². The lowest BCUT2D eigenvalue weighted by atomic mass is 10.1. The number of β-amino-alcohol motifs (C(OH)–C–C–N with tert-alkyl or cyclic N) is 1. The molecule has 4 nitrogen and oxygen atoms in total. The van der Waals surface area contributed by atoms with Gasteiger partial charge in [-0.2, -0.15) is 0 Å². The molecule has 1 aromatic rings. The van der Waals surface area contributed by atoms with E-state index in [1.165, 1.54) is 11.1 Å². The van der Waals surface area contributed by atoms with Crippen LogP contribution in [0.3, 0.4) is 0 Å². The second-order valence-corrected chi connectivity index (χ2v) is 6.84. The zero-order valence-electron chi connectivity index (χ0n) is 13.5. The van der Waals surface area contributed by atoms with Crippen molar-refractivity contribution in [3.8, 4) is 0 Å². The third-order valence-electron chi connectivity index (χ3n) is 4.78. The van der Waals surface area contributed by atoms with Crippen LogP contribution in [-0.4, -0.2) is 59.6 Å². The summed E-state index contributed by atoms with van der Waals surface area (Å²) in [6, 6.07) is 8.54. The van der Waals surface area contributed by atoms with Crippen molar-refractivity contribution in [2.75, 3.05) is 32.7 Å². The molecule has 2 aliphatic rings. The van der Waals surface area contributed by atoms with Crippen LogP contribution in [0.5, 0.6) is 0 Å². The summed E-state index contributed by atoms with van der Waals surface area (Å²) in [6.07, 6.45) is 0.701. The van der Waals surface area contributed by atoms with E-state index >= 15 is 0 Å². The Bertz CT molecular complexity index is 536. The van der Waals surface area contributed by atoms with Crippen molar-refractivity contribution in [3.05, 3.63) is 35.4 Å². The fourth-order valence-electron chi connectivity index (χ4n) is 3.50. The molecule has 120 valence electrons. The number of carbonyl (C=O) groups is 1. The van der Waals surface area contributed by atoms with Crippen LogP contribution in [0.2, 0.25) is 0 Å². The maximum Gasteiger partial charge on any atom is 0.226 e. The largest absolute Gasteiger partial charge is 0.392 e. The molecule has 1 N–H and O–H groups in total. The van der Waals surface area contributed by atoms with Crippen LogP contribution in [0.25, 0.3) is 0 Å². The molecular weight excluding hydrogens is 276 g/mol. The van der Waals surface area contributed by atoms with E-state index in [0.29, 0.717) is 18.4 Å². The molecule has 1 aliphatic carbocycles. The van der Waals surface area contributed by atoms with Gasteiger partial charge in [-0.25, -0.2) is 0 Å². The van der Waals surface area contributed by atoms with E-state index in [0.717, 1.165) is 32.6 Å². The van der Waals surface area contributed by atoms with Crippen LogP contribution in [0.1, 0.15) is 30.4 Å². The van der Waals surface area contributed by atoms with E-state index in [9.17, 15) is 9.90 Å². The minimum atomic E-state index is -0.295. The molecule has 1 saturated carbocycles. The average molecular weight is 302 g/mol. The van der Waals surface area contributed by atoms with Gasteiger partial charge in [-0.3, -0.25) is 9.69 Å². The van der Waals surface area contributed by atoms with Crippen molar-refractivity contribution in [3.63, 3.8) is 0 Å². The molecule has 4 heteroatoms. The third-order valence-corrected chi connectivity index (χ3v) is 4.78. The number of nitrogens with zero attached hydrogens (tertiary/aromatic N) is 2. The van der Waals surface area contributed by atoms with Gasteiger partial charge >= 0.3 is 0 Å². The first-order valence-corrected chi connectivity index (χ1v) is 8.30. The summed E-state index contributed by atoms with van der Waals surface area (Å²) in [5.41, 5.74) is 2.58. The molecule has 1 aliphatic heterocycles. The fraction of sp³-hybridized carbons (Fsp3) is 0.611. The van der Waals surface area contributed by atoms with Crippen molar-refractivity contribution in [2.24, 2.45) is 5.92 Å². The standard InChI is InChI=1S/C18H26N2O2/c1-13-4-3-5-15(10-13)16-11-17(16)18(22)20-8-6-19(7-9-20)12-14(2)21/h3-5,10,14,16-17,21H,6-9,11-12H2,1-2H3. The van der Waals surface area contributed by atoms with E-state index in [1.54, 1.807) is 0 Å². The van der Waals surface area contributed by atoms with E-state index in [2.05, 4.69) is 36.1 Å². The molecule has 2 fully saturated rings. The first-order chi connectivity index (χ1) is 10.5. The summed E-state index contributed by atoms with van der Waals surface area (Å²) >= 11 is 0. The second kappa shape index (κ2) is 6.39. The van der Waals surface area contributed by atoms with Gasteiger partial charge in [-0.1, -0.05) is 29.8 Å². The Morgan fingerprint density at radius 2 is 2.05 bits per heavy atom. The Morgan fingerprint density at radius 3 is 2.68 bits per heavy atom. The molecule has 1 saturated heterocycles. The van der Waals surface area contributed by atoms with Gasteiger partial charge in [0, 0.05) is 38.6 Å². The molecule has 3 rings (SSSR count). The zero-order chi connectivity index (χ0) is 15.7. The Hall–Kier alpha value is -1.39.